The average Bonchev–Trinajstić information content (AvgIpc) is 3.51. The van der Waals surface area contributed by atoms with Crippen LogP contribution in [0.5, 0.6) is 5.75 Å². The van der Waals surface area contributed by atoms with Gasteiger partial charge in [0.05, 0.1) is 74.9 Å². The van der Waals surface area contributed by atoms with Gasteiger partial charge in [-0.15, -0.1) is 0 Å². The highest BCUT2D eigenvalue weighted by Gasteiger charge is 2.42. The van der Waals surface area contributed by atoms with Crippen LogP contribution in [0.25, 0.3) is 11.3 Å². The lowest BCUT2D eigenvalue weighted by molar-refractivity contribution is -0.142. The van der Waals surface area contributed by atoms with E-state index in [9.17, 15) is 22.5 Å². The van der Waals surface area contributed by atoms with Crippen LogP contribution in [0.3, 0.4) is 0 Å². The molecule has 3 N–H and O–H groups in total. The second kappa shape index (κ2) is 13.7. The second-order valence-corrected chi connectivity index (χ2v) is 13.6. The Bertz CT molecular complexity index is 1900. The molecule has 4 aromatic rings. The molecule has 49 heavy (non-hydrogen) atoms. The molecule has 0 unspecified atom stereocenters. The van der Waals surface area contributed by atoms with E-state index in [2.05, 4.69) is 36.0 Å². The van der Waals surface area contributed by atoms with Crippen molar-refractivity contribution in [2.45, 2.75) is 32.7 Å². The van der Waals surface area contributed by atoms with Crippen molar-refractivity contribution in [1.29, 1.82) is 0 Å². The molecule has 14 nitrogen and oxygen atoms in total. The van der Waals surface area contributed by atoms with Crippen molar-refractivity contribution < 1.29 is 41.1 Å². The van der Waals surface area contributed by atoms with Crippen LogP contribution in [0.1, 0.15) is 35.5 Å². The topological polar surface area (TPSA) is 164 Å². The maximum atomic E-state index is 14.2. The molecule has 8 heterocycles. The van der Waals surface area contributed by atoms with Gasteiger partial charge in [-0.25, -0.2) is 9.97 Å². The first-order valence-corrected chi connectivity index (χ1v) is 17.1. The first kappa shape index (κ1) is 34.3. The molecule has 5 aliphatic rings. The standard InChI is InChI=1S/C31H34F3N8O6P/c1-4-35-28(43)26-24-9-8-22(38-26)20-11-37-42(13-20)15-30(16-46-17-30)18-48-49(44,47-5-2)14-19-6-7-23(25(10-19)45-3)40-29-36-12-21(31(32,33)34)27(39-24)41-29/h6-13H,4-5,14-18H2,1-3H3,(H,35,43)(H2,36,39,40,41)/t49-/m0/s1. The van der Waals surface area contributed by atoms with E-state index in [1.54, 1.807) is 55.2 Å². The van der Waals surface area contributed by atoms with Gasteiger partial charge in [0, 0.05) is 24.5 Å². The van der Waals surface area contributed by atoms with Gasteiger partial charge in [-0.2, -0.15) is 23.3 Å². The Morgan fingerprint density at radius 3 is 2.59 bits per heavy atom. The number of carbonyl (C=O) groups is 1. The molecule has 9 rings (SSSR count). The number of aromatic nitrogens is 5. The highest BCUT2D eigenvalue weighted by molar-refractivity contribution is 7.53. The number of amides is 1. The number of ether oxygens (including phenoxy) is 2. The summed E-state index contributed by atoms with van der Waals surface area (Å²) in [6.45, 7) is 4.93. The number of anilines is 4. The zero-order chi connectivity index (χ0) is 34.8. The van der Waals surface area contributed by atoms with Gasteiger partial charge in [0.25, 0.3) is 5.91 Å². The van der Waals surface area contributed by atoms with Crippen LogP contribution >= 0.6 is 7.60 Å². The van der Waals surface area contributed by atoms with E-state index in [1.165, 1.54) is 13.2 Å². The number of hydrogen-bond donors (Lipinski definition) is 3. The van der Waals surface area contributed by atoms with E-state index >= 15 is 0 Å². The molecular formula is C31H34F3N8O6P. The summed E-state index contributed by atoms with van der Waals surface area (Å²) >= 11 is 0. The van der Waals surface area contributed by atoms with Crippen LogP contribution in [0.4, 0.5) is 36.3 Å². The van der Waals surface area contributed by atoms with Crippen LogP contribution in [0.15, 0.2) is 48.9 Å². The Kier molecular flexibility index (Phi) is 9.62. The minimum atomic E-state index is -4.83. The third kappa shape index (κ3) is 7.54. The zero-order valence-corrected chi connectivity index (χ0v) is 27.7. The molecule has 8 bridgehead atoms. The van der Waals surface area contributed by atoms with Gasteiger partial charge in [0.2, 0.25) is 5.95 Å². The van der Waals surface area contributed by atoms with Crippen LogP contribution in [-0.4, -0.2) is 70.7 Å². The van der Waals surface area contributed by atoms with Crippen molar-refractivity contribution >= 4 is 36.6 Å². The predicted octanol–water partition coefficient (Wildman–Crippen LogP) is 5.78. The van der Waals surface area contributed by atoms with E-state index in [1.807, 2.05) is 0 Å². The van der Waals surface area contributed by atoms with E-state index < -0.39 is 36.5 Å². The van der Waals surface area contributed by atoms with Gasteiger partial charge in [-0.1, -0.05) is 6.07 Å². The molecule has 3 aromatic heterocycles. The van der Waals surface area contributed by atoms with E-state index in [0.717, 1.165) is 0 Å². The number of pyridine rings is 1. The average molecular weight is 703 g/mol. The number of alkyl halides is 3. The summed E-state index contributed by atoms with van der Waals surface area (Å²) in [6, 6.07) is 7.88. The summed E-state index contributed by atoms with van der Waals surface area (Å²) in [7, 11) is -2.26. The van der Waals surface area contributed by atoms with Crippen molar-refractivity contribution in [2.24, 2.45) is 5.41 Å². The quantitative estimate of drug-likeness (QED) is 0.215. The second-order valence-electron chi connectivity index (χ2n) is 11.6. The van der Waals surface area contributed by atoms with Crippen LogP contribution in [-0.2, 0) is 37.2 Å². The monoisotopic (exact) mass is 702 g/mol. The molecule has 0 saturated carbocycles. The lowest BCUT2D eigenvalue weighted by Gasteiger charge is -2.41. The molecular weight excluding hydrogens is 668 g/mol. The molecule has 0 aliphatic carbocycles. The van der Waals surface area contributed by atoms with E-state index in [-0.39, 0.29) is 49.0 Å². The summed E-state index contributed by atoms with van der Waals surface area (Å²) in [4.78, 5) is 25.7. The summed E-state index contributed by atoms with van der Waals surface area (Å²) in [6.07, 6.45) is -0.983. The molecule has 1 spiro atoms. The highest BCUT2D eigenvalue weighted by Crippen LogP contribution is 2.53. The largest absolute Gasteiger partial charge is 0.495 e. The van der Waals surface area contributed by atoms with Crippen LogP contribution in [0.2, 0.25) is 0 Å². The van der Waals surface area contributed by atoms with Gasteiger partial charge in [0.1, 0.15) is 17.1 Å². The lowest BCUT2D eigenvalue weighted by atomic mass is 9.87. The van der Waals surface area contributed by atoms with Gasteiger partial charge in [-0.3, -0.25) is 14.0 Å². The Hall–Kier alpha value is -4.57. The number of carbonyl (C=O) groups excluding carboxylic acids is 1. The predicted molar refractivity (Wildman–Crippen MR) is 172 cm³/mol. The summed E-state index contributed by atoms with van der Waals surface area (Å²) in [5.41, 5.74) is -0.0781. The third-order valence-corrected chi connectivity index (χ3v) is 9.75. The van der Waals surface area contributed by atoms with Crippen molar-refractivity contribution in [3.8, 4) is 17.0 Å². The number of hydrogen-bond acceptors (Lipinski definition) is 12. The molecule has 0 radical (unpaired) electrons. The molecule has 260 valence electrons. The summed E-state index contributed by atoms with van der Waals surface area (Å²) in [5.74, 6) is -1.15. The van der Waals surface area contributed by atoms with Gasteiger partial charge in [0.15, 0.2) is 5.69 Å². The van der Waals surface area contributed by atoms with Gasteiger partial charge >= 0.3 is 13.8 Å². The Morgan fingerprint density at radius 2 is 1.90 bits per heavy atom. The number of halogens is 3. The fourth-order valence-corrected chi connectivity index (χ4v) is 7.15. The van der Waals surface area contributed by atoms with E-state index in [4.69, 9.17) is 18.5 Å². The summed E-state index contributed by atoms with van der Waals surface area (Å²) in [5, 5.41) is 12.7. The van der Waals surface area contributed by atoms with Crippen molar-refractivity contribution in [3.63, 3.8) is 0 Å². The molecule has 1 amide bonds. The molecule has 5 aliphatic heterocycles. The van der Waals surface area contributed by atoms with Crippen LogP contribution < -0.4 is 20.7 Å². The first-order chi connectivity index (χ1) is 23.4. The first-order valence-electron chi connectivity index (χ1n) is 15.4. The summed E-state index contributed by atoms with van der Waals surface area (Å²) < 4.78 is 80.9. The smallest absolute Gasteiger partial charge is 0.421 e. The molecule has 1 aromatic carbocycles. The fourth-order valence-electron chi connectivity index (χ4n) is 5.39. The highest BCUT2D eigenvalue weighted by atomic mass is 31.2. The number of nitrogens with zero attached hydrogens (tertiary/aromatic N) is 5. The normalized spacial score (nSPS) is 18.8. The molecule has 1 saturated heterocycles. The van der Waals surface area contributed by atoms with Crippen LogP contribution in [0, 0.1) is 5.41 Å². The van der Waals surface area contributed by atoms with Gasteiger partial charge in [-0.05, 0) is 43.7 Å². The Balaban J connectivity index is 1.48. The number of methoxy groups -OCH3 is 1. The van der Waals surface area contributed by atoms with Gasteiger partial charge < -0.3 is 34.5 Å². The lowest BCUT2D eigenvalue weighted by Crippen LogP contribution is -2.49. The Labute approximate surface area is 279 Å². The SMILES string of the molecule is CCNC(=O)c1nc2ccc1Nc1nc(ncc1C(F)(F)F)Nc1ccc(cc1OC)C[P@](=O)(OCC)OCC1(COC1)Cn1cc-2cn1. The maximum absolute atomic E-state index is 14.2. The van der Waals surface area contributed by atoms with E-state index in [0.29, 0.717) is 48.5 Å². The van der Waals surface area contributed by atoms with Crippen molar-refractivity contribution in [1.82, 2.24) is 30.0 Å². The number of nitrogens with one attached hydrogen (secondary N) is 3. The van der Waals surface area contributed by atoms with Crippen molar-refractivity contribution in [3.05, 3.63) is 65.7 Å². The zero-order valence-electron chi connectivity index (χ0n) is 26.8. The number of benzene rings is 1. The third-order valence-electron chi connectivity index (χ3n) is 7.82. The van der Waals surface area contributed by atoms with Crippen molar-refractivity contribution in [2.75, 3.05) is 50.7 Å². The number of rotatable bonds is 5. The Morgan fingerprint density at radius 1 is 1.10 bits per heavy atom. The minimum absolute atomic E-state index is 0.0113. The molecule has 18 heteroatoms. The maximum Gasteiger partial charge on any atom is 0.421 e. The molecule has 1 atom stereocenters. The minimum Gasteiger partial charge on any atom is -0.495 e. The molecule has 1 fully saturated rings. The fraction of sp³-hybridized carbons (Fsp3) is 0.387.